The van der Waals surface area contributed by atoms with Crippen molar-refractivity contribution in [3.8, 4) is 11.5 Å². The monoisotopic (exact) mass is 404 g/mol. The summed E-state index contributed by atoms with van der Waals surface area (Å²) in [5.41, 5.74) is 3.40. The summed E-state index contributed by atoms with van der Waals surface area (Å²) in [5.74, 6) is 0.713. The van der Waals surface area contributed by atoms with E-state index in [9.17, 15) is 4.79 Å². The summed E-state index contributed by atoms with van der Waals surface area (Å²) in [5, 5.41) is 8.78. The Hall–Kier alpha value is -3.27. The number of carboxylic acid groups (broad SMARTS) is 1. The highest BCUT2D eigenvalue weighted by molar-refractivity contribution is 5.67. The number of ether oxygens (including phenoxy) is 2. The van der Waals surface area contributed by atoms with Gasteiger partial charge in [-0.2, -0.15) is 0 Å². The van der Waals surface area contributed by atoms with Crippen LogP contribution >= 0.6 is 0 Å². The van der Waals surface area contributed by atoms with Crippen LogP contribution in [0.5, 0.6) is 11.5 Å². The first-order valence-electron chi connectivity index (χ1n) is 10.4. The van der Waals surface area contributed by atoms with Crippen molar-refractivity contribution in [1.82, 2.24) is 0 Å². The third kappa shape index (κ3) is 7.28. The van der Waals surface area contributed by atoms with Crippen LogP contribution in [-0.4, -0.2) is 17.7 Å². The number of carboxylic acids is 1. The fraction of sp³-hybridized carbons (Fsp3) is 0.269. The second kappa shape index (κ2) is 11.7. The van der Waals surface area contributed by atoms with Crippen LogP contribution in [-0.2, 0) is 24.2 Å². The van der Waals surface area contributed by atoms with E-state index in [-0.39, 0.29) is 6.42 Å². The van der Waals surface area contributed by atoms with Gasteiger partial charge in [0.2, 0.25) is 0 Å². The van der Waals surface area contributed by atoms with Crippen LogP contribution in [0.1, 0.15) is 36.0 Å². The molecule has 0 bridgehead atoms. The molecule has 0 spiro atoms. The Morgan fingerprint density at radius 2 is 1.27 bits per heavy atom. The van der Waals surface area contributed by atoms with Gasteiger partial charge in [0, 0.05) is 6.42 Å². The second-order valence-electron chi connectivity index (χ2n) is 7.24. The maximum Gasteiger partial charge on any atom is 0.303 e. The lowest BCUT2D eigenvalue weighted by atomic mass is 10.1. The molecule has 4 nitrogen and oxygen atoms in total. The van der Waals surface area contributed by atoms with E-state index < -0.39 is 5.97 Å². The first-order valence-corrected chi connectivity index (χ1v) is 10.4. The fourth-order valence-corrected chi connectivity index (χ4v) is 3.16. The predicted molar refractivity (Wildman–Crippen MR) is 118 cm³/mol. The first kappa shape index (κ1) is 21.4. The Kier molecular flexibility index (Phi) is 8.34. The maximum atomic E-state index is 10.7. The molecule has 4 heteroatoms. The molecule has 0 saturated carbocycles. The van der Waals surface area contributed by atoms with Crippen molar-refractivity contribution in [2.24, 2.45) is 0 Å². The van der Waals surface area contributed by atoms with Crippen molar-refractivity contribution in [3.63, 3.8) is 0 Å². The highest BCUT2D eigenvalue weighted by Gasteiger charge is 2.05. The highest BCUT2D eigenvalue weighted by Crippen LogP contribution is 2.27. The molecule has 0 aromatic heterocycles. The first-order chi connectivity index (χ1) is 14.7. The van der Waals surface area contributed by atoms with Crippen molar-refractivity contribution in [1.29, 1.82) is 0 Å². The summed E-state index contributed by atoms with van der Waals surface area (Å²) in [6.45, 7) is 1.10. The van der Waals surface area contributed by atoms with Crippen LogP contribution < -0.4 is 9.47 Å². The van der Waals surface area contributed by atoms with Gasteiger partial charge in [-0.05, 0) is 54.5 Å². The predicted octanol–water partition coefficient (Wildman–Crippen LogP) is 5.68. The van der Waals surface area contributed by atoms with Crippen LogP contribution in [0, 0.1) is 0 Å². The van der Waals surface area contributed by atoms with E-state index >= 15 is 0 Å². The standard InChI is InChI=1S/C26H28O4/c27-26(28)18-17-22-13-15-23(16-14-22)20-30-25-12-5-4-11-24(25)29-19-7-6-10-21-8-2-1-3-9-21/h1-5,8-9,11-16H,6-7,10,17-20H2,(H,27,28). The fourth-order valence-electron chi connectivity index (χ4n) is 3.16. The molecule has 0 fully saturated rings. The largest absolute Gasteiger partial charge is 0.490 e. The van der Waals surface area contributed by atoms with Crippen LogP contribution in [0.15, 0.2) is 78.9 Å². The summed E-state index contributed by atoms with van der Waals surface area (Å²) >= 11 is 0. The molecule has 0 unspecified atom stereocenters. The van der Waals surface area contributed by atoms with E-state index in [1.54, 1.807) is 0 Å². The zero-order valence-electron chi connectivity index (χ0n) is 17.1. The lowest BCUT2D eigenvalue weighted by Gasteiger charge is -2.13. The van der Waals surface area contributed by atoms with Gasteiger partial charge in [0.1, 0.15) is 6.61 Å². The van der Waals surface area contributed by atoms with E-state index in [1.807, 2.05) is 54.6 Å². The van der Waals surface area contributed by atoms with Gasteiger partial charge < -0.3 is 14.6 Å². The van der Waals surface area contributed by atoms with Crippen molar-refractivity contribution < 1.29 is 19.4 Å². The van der Waals surface area contributed by atoms with Gasteiger partial charge in [-0.25, -0.2) is 0 Å². The van der Waals surface area contributed by atoms with Crippen LogP contribution in [0.2, 0.25) is 0 Å². The average Bonchev–Trinajstić information content (AvgIpc) is 2.78. The van der Waals surface area contributed by atoms with Crippen LogP contribution in [0.25, 0.3) is 0 Å². The third-order valence-corrected chi connectivity index (χ3v) is 4.85. The number of rotatable bonds is 12. The molecular weight excluding hydrogens is 376 g/mol. The molecule has 0 aliphatic rings. The number of unbranched alkanes of at least 4 members (excludes halogenated alkanes) is 1. The molecule has 3 aromatic rings. The van der Waals surface area contributed by atoms with Gasteiger partial charge in [-0.15, -0.1) is 0 Å². The summed E-state index contributed by atoms with van der Waals surface area (Å²) in [6.07, 6.45) is 3.82. The molecular formula is C26H28O4. The van der Waals surface area contributed by atoms with Crippen molar-refractivity contribution in [3.05, 3.63) is 95.6 Å². The van der Waals surface area contributed by atoms with E-state index in [0.29, 0.717) is 19.6 Å². The lowest BCUT2D eigenvalue weighted by molar-refractivity contribution is -0.136. The Balaban J connectivity index is 1.43. The Bertz CT molecular complexity index is 904. The molecule has 0 atom stereocenters. The van der Waals surface area contributed by atoms with Gasteiger partial charge in [-0.1, -0.05) is 66.7 Å². The zero-order valence-corrected chi connectivity index (χ0v) is 17.1. The van der Waals surface area contributed by atoms with Crippen LogP contribution in [0.3, 0.4) is 0 Å². The summed E-state index contributed by atoms with van der Waals surface area (Å²) < 4.78 is 11.9. The topological polar surface area (TPSA) is 55.8 Å². The van der Waals surface area contributed by atoms with E-state index in [4.69, 9.17) is 14.6 Å². The average molecular weight is 405 g/mol. The summed E-state index contributed by atoms with van der Waals surface area (Å²) in [4.78, 5) is 10.7. The summed E-state index contributed by atoms with van der Waals surface area (Å²) in [7, 11) is 0. The van der Waals surface area contributed by atoms with E-state index in [0.717, 1.165) is 41.9 Å². The van der Waals surface area contributed by atoms with Crippen molar-refractivity contribution >= 4 is 5.97 Å². The lowest BCUT2D eigenvalue weighted by Crippen LogP contribution is -2.02. The smallest absolute Gasteiger partial charge is 0.303 e. The number of hydrogen-bond donors (Lipinski definition) is 1. The quantitative estimate of drug-likeness (QED) is 0.394. The number of benzene rings is 3. The van der Waals surface area contributed by atoms with Gasteiger partial charge >= 0.3 is 5.97 Å². The van der Waals surface area contributed by atoms with E-state index in [1.165, 1.54) is 5.56 Å². The minimum atomic E-state index is -0.779. The number of aliphatic carboxylic acids is 1. The molecule has 0 amide bonds. The molecule has 0 saturated heterocycles. The number of hydrogen-bond acceptors (Lipinski definition) is 3. The van der Waals surface area contributed by atoms with Gasteiger partial charge in [-0.3, -0.25) is 4.79 Å². The second-order valence-corrected chi connectivity index (χ2v) is 7.24. The molecule has 3 rings (SSSR count). The third-order valence-electron chi connectivity index (χ3n) is 4.85. The highest BCUT2D eigenvalue weighted by atomic mass is 16.5. The number of para-hydroxylation sites is 2. The molecule has 0 aliphatic heterocycles. The molecule has 3 aromatic carbocycles. The Labute approximate surface area is 178 Å². The van der Waals surface area contributed by atoms with E-state index in [2.05, 4.69) is 24.3 Å². The Morgan fingerprint density at radius 3 is 1.97 bits per heavy atom. The number of carbonyl (C=O) groups is 1. The zero-order chi connectivity index (χ0) is 21.0. The minimum Gasteiger partial charge on any atom is -0.490 e. The van der Waals surface area contributed by atoms with Gasteiger partial charge in [0.05, 0.1) is 6.61 Å². The van der Waals surface area contributed by atoms with Crippen molar-refractivity contribution in [2.45, 2.75) is 38.7 Å². The normalized spacial score (nSPS) is 10.5. The van der Waals surface area contributed by atoms with Gasteiger partial charge in [0.25, 0.3) is 0 Å². The molecule has 0 aliphatic carbocycles. The molecule has 0 radical (unpaired) electrons. The van der Waals surface area contributed by atoms with Crippen LogP contribution in [0.4, 0.5) is 0 Å². The summed E-state index contributed by atoms with van der Waals surface area (Å²) in [6, 6.07) is 26.1. The van der Waals surface area contributed by atoms with Gasteiger partial charge in [0.15, 0.2) is 11.5 Å². The molecule has 156 valence electrons. The Morgan fingerprint density at radius 1 is 0.667 bits per heavy atom. The van der Waals surface area contributed by atoms with Crippen molar-refractivity contribution in [2.75, 3.05) is 6.61 Å². The molecule has 30 heavy (non-hydrogen) atoms. The SMILES string of the molecule is O=C(O)CCc1ccc(COc2ccccc2OCCCCc2ccccc2)cc1. The molecule has 0 heterocycles. The number of aryl methyl sites for hydroxylation is 2. The molecule has 1 N–H and O–H groups in total. The maximum absolute atomic E-state index is 10.7. The minimum absolute atomic E-state index is 0.145.